The third-order valence-electron chi connectivity index (χ3n) is 1.45. The topological polar surface area (TPSA) is 29.4 Å². The van der Waals surface area contributed by atoms with E-state index in [1.807, 2.05) is 12.2 Å². The summed E-state index contributed by atoms with van der Waals surface area (Å²) in [7, 11) is 0. The van der Waals surface area contributed by atoms with Crippen molar-refractivity contribution >= 4 is 6.08 Å². The molecule has 0 radical (unpaired) electrons. The molecule has 0 amide bonds. The molecule has 0 heterocycles. The highest BCUT2D eigenvalue weighted by atomic mass is 16.1. The Morgan fingerprint density at radius 3 is 3.20 bits per heavy atom. The van der Waals surface area contributed by atoms with E-state index in [1.165, 1.54) is 6.08 Å². The lowest BCUT2D eigenvalue weighted by Gasteiger charge is -2.07. The molecule has 0 fully saturated rings. The maximum absolute atomic E-state index is 9.82. The first kappa shape index (κ1) is 6.97. The van der Waals surface area contributed by atoms with Crippen molar-refractivity contribution < 1.29 is 4.79 Å². The number of carbonyl (C=O) groups excluding carboxylic acids is 1. The zero-order valence-corrected chi connectivity index (χ0v) is 5.87. The second-order valence-corrected chi connectivity index (χ2v) is 2.43. The number of hydrogen-bond donors (Lipinski definition) is 0. The van der Waals surface area contributed by atoms with Crippen molar-refractivity contribution in [2.24, 2.45) is 10.9 Å². The van der Waals surface area contributed by atoms with Gasteiger partial charge in [-0.1, -0.05) is 19.1 Å². The summed E-state index contributed by atoms with van der Waals surface area (Å²) in [5, 5.41) is 0. The summed E-state index contributed by atoms with van der Waals surface area (Å²) >= 11 is 0. The van der Waals surface area contributed by atoms with Crippen molar-refractivity contribution in [3.8, 4) is 0 Å². The number of allylic oxidation sites excluding steroid dienone is 4. The number of hydrogen-bond acceptors (Lipinski definition) is 2. The highest BCUT2D eigenvalue weighted by molar-refractivity contribution is 5.38. The molecule has 52 valence electrons. The molecule has 0 aromatic heterocycles. The Bertz CT molecular complexity index is 221. The van der Waals surface area contributed by atoms with Gasteiger partial charge < -0.3 is 0 Å². The van der Waals surface area contributed by atoms with Crippen molar-refractivity contribution in [1.82, 2.24) is 0 Å². The zero-order chi connectivity index (χ0) is 7.40. The van der Waals surface area contributed by atoms with Crippen LogP contribution in [0.25, 0.3) is 0 Å². The fourth-order valence-corrected chi connectivity index (χ4v) is 0.964. The second-order valence-electron chi connectivity index (χ2n) is 2.43. The van der Waals surface area contributed by atoms with Crippen LogP contribution in [0.4, 0.5) is 0 Å². The predicted octanol–water partition coefficient (Wildman–Crippen LogP) is 1.80. The maximum atomic E-state index is 9.82. The van der Waals surface area contributed by atoms with Gasteiger partial charge in [-0.15, -0.1) is 0 Å². The van der Waals surface area contributed by atoms with Gasteiger partial charge in [-0.2, -0.15) is 4.99 Å². The maximum Gasteiger partial charge on any atom is 0.240 e. The van der Waals surface area contributed by atoms with Crippen LogP contribution in [0.1, 0.15) is 13.3 Å². The lowest BCUT2D eigenvalue weighted by atomic mass is 10.0. The molecule has 10 heavy (non-hydrogen) atoms. The Labute approximate surface area is 60.0 Å². The Hall–Kier alpha value is -1.14. The number of aliphatic imine (C=N–C) groups is 1. The minimum absolute atomic E-state index is 0.497. The minimum atomic E-state index is 0.497. The molecule has 0 N–H and O–H groups in total. The largest absolute Gasteiger partial charge is 0.240 e. The van der Waals surface area contributed by atoms with Crippen molar-refractivity contribution in [2.75, 3.05) is 0 Å². The summed E-state index contributed by atoms with van der Waals surface area (Å²) in [5.41, 5.74) is 0.824. The molecule has 2 nitrogen and oxygen atoms in total. The molecule has 1 atom stereocenters. The lowest BCUT2D eigenvalue weighted by Crippen LogP contribution is -1.94. The van der Waals surface area contributed by atoms with Crippen LogP contribution in [0, 0.1) is 5.92 Å². The predicted molar refractivity (Wildman–Crippen MR) is 39.1 cm³/mol. The Morgan fingerprint density at radius 1 is 1.80 bits per heavy atom. The van der Waals surface area contributed by atoms with E-state index < -0.39 is 0 Å². The second kappa shape index (κ2) is 3.14. The highest BCUT2D eigenvalue weighted by Crippen LogP contribution is 2.17. The van der Waals surface area contributed by atoms with Gasteiger partial charge in [0.2, 0.25) is 6.08 Å². The summed E-state index contributed by atoms with van der Waals surface area (Å²) < 4.78 is 0. The van der Waals surface area contributed by atoms with Crippen LogP contribution in [0.15, 0.2) is 28.9 Å². The molecule has 0 bridgehead atoms. The van der Waals surface area contributed by atoms with Gasteiger partial charge in [0, 0.05) is 0 Å². The molecular formula is C8H9NO. The normalized spacial score (nSPS) is 23.3. The average molecular weight is 135 g/mol. The molecule has 1 aliphatic rings. The number of isocyanates is 1. The van der Waals surface area contributed by atoms with E-state index in [1.54, 1.807) is 0 Å². The molecule has 0 spiro atoms. The summed E-state index contributed by atoms with van der Waals surface area (Å²) in [6, 6.07) is 0. The third-order valence-corrected chi connectivity index (χ3v) is 1.45. The smallest absolute Gasteiger partial charge is 0.211 e. The number of rotatable bonds is 1. The first-order chi connectivity index (χ1) is 4.83. The Morgan fingerprint density at radius 2 is 2.60 bits per heavy atom. The molecule has 1 aliphatic carbocycles. The highest BCUT2D eigenvalue weighted by Gasteiger charge is 2.04. The van der Waals surface area contributed by atoms with Crippen LogP contribution in [0.2, 0.25) is 0 Å². The average Bonchev–Trinajstić information content (AvgIpc) is 1.88. The summed E-state index contributed by atoms with van der Waals surface area (Å²) in [5.74, 6) is 0.497. The van der Waals surface area contributed by atoms with Crippen LogP contribution in [-0.4, -0.2) is 6.08 Å². The van der Waals surface area contributed by atoms with Crippen LogP contribution in [0.3, 0.4) is 0 Å². The van der Waals surface area contributed by atoms with Gasteiger partial charge in [0.25, 0.3) is 0 Å². The van der Waals surface area contributed by atoms with E-state index in [4.69, 9.17) is 0 Å². The van der Waals surface area contributed by atoms with E-state index in [0.717, 1.165) is 12.1 Å². The van der Waals surface area contributed by atoms with Gasteiger partial charge >= 0.3 is 0 Å². The van der Waals surface area contributed by atoms with Crippen molar-refractivity contribution in [1.29, 1.82) is 0 Å². The third kappa shape index (κ3) is 1.67. The molecule has 0 aromatic rings. The van der Waals surface area contributed by atoms with Gasteiger partial charge in [0.1, 0.15) is 0 Å². The van der Waals surface area contributed by atoms with Crippen LogP contribution < -0.4 is 0 Å². The fourth-order valence-electron chi connectivity index (χ4n) is 0.964. The van der Waals surface area contributed by atoms with Crippen molar-refractivity contribution in [3.63, 3.8) is 0 Å². The van der Waals surface area contributed by atoms with Crippen LogP contribution in [-0.2, 0) is 4.79 Å². The van der Waals surface area contributed by atoms with Crippen molar-refractivity contribution in [2.45, 2.75) is 13.3 Å². The molecule has 0 saturated carbocycles. The van der Waals surface area contributed by atoms with E-state index in [-0.39, 0.29) is 0 Å². The lowest BCUT2D eigenvalue weighted by molar-refractivity contribution is 0.563. The van der Waals surface area contributed by atoms with Crippen molar-refractivity contribution in [3.05, 3.63) is 23.9 Å². The molecule has 0 aliphatic heterocycles. The van der Waals surface area contributed by atoms with Crippen LogP contribution in [0.5, 0.6) is 0 Å². The molecule has 1 rings (SSSR count). The van der Waals surface area contributed by atoms with E-state index in [2.05, 4.69) is 18.0 Å². The van der Waals surface area contributed by atoms with Gasteiger partial charge in [-0.05, 0) is 18.4 Å². The molecule has 0 saturated heterocycles. The Kier molecular flexibility index (Phi) is 2.19. The molecule has 2 heteroatoms. The monoisotopic (exact) mass is 135 g/mol. The summed E-state index contributed by atoms with van der Waals surface area (Å²) in [4.78, 5) is 13.4. The van der Waals surface area contributed by atoms with Crippen LogP contribution >= 0.6 is 0 Å². The van der Waals surface area contributed by atoms with Gasteiger partial charge in [-0.3, -0.25) is 0 Å². The SMILES string of the molecule is C[C@@H]1C=CC=C(N=C=O)C1. The van der Waals surface area contributed by atoms with E-state index in [9.17, 15) is 4.79 Å². The van der Waals surface area contributed by atoms with E-state index >= 15 is 0 Å². The van der Waals surface area contributed by atoms with Gasteiger partial charge in [-0.25, -0.2) is 4.79 Å². The summed E-state index contributed by atoms with van der Waals surface area (Å²) in [6.07, 6.45) is 8.23. The molecule has 0 aromatic carbocycles. The first-order valence-electron chi connectivity index (χ1n) is 3.28. The van der Waals surface area contributed by atoms with E-state index in [0.29, 0.717) is 5.92 Å². The van der Waals surface area contributed by atoms with Gasteiger partial charge in [0.15, 0.2) is 0 Å². The molecular weight excluding hydrogens is 126 g/mol. The molecule has 0 unspecified atom stereocenters. The standard InChI is InChI=1S/C8H9NO/c1-7-3-2-4-8(5-7)9-6-10/h2-4,7H,5H2,1H3/t7-/m1/s1. The van der Waals surface area contributed by atoms with Gasteiger partial charge in [0.05, 0.1) is 5.70 Å². The summed E-state index contributed by atoms with van der Waals surface area (Å²) in [6.45, 7) is 2.09. The fraction of sp³-hybridized carbons (Fsp3) is 0.375. The Balaban J connectivity index is 2.70. The quantitative estimate of drug-likeness (QED) is 0.398. The number of nitrogens with zero attached hydrogens (tertiary/aromatic N) is 1. The minimum Gasteiger partial charge on any atom is -0.211 e. The zero-order valence-electron chi connectivity index (χ0n) is 5.87. The first-order valence-corrected chi connectivity index (χ1v) is 3.28.